The maximum absolute atomic E-state index is 6.64. The lowest BCUT2D eigenvalue weighted by atomic mass is 9.58. The van der Waals surface area contributed by atoms with Gasteiger partial charge in [0.15, 0.2) is 0 Å². The molecule has 0 aromatic heterocycles. The highest BCUT2D eigenvalue weighted by atomic mass is 16.5. The number of para-hydroxylation sites is 2. The van der Waals surface area contributed by atoms with Crippen LogP contribution in [0.4, 0.5) is 17.1 Å². The third kappa shape index (κ3) is 4.72. The molecule has 0 radical (unpaired) electrons. The Morgan fingerprint density at radius 1 is 0.365 bits per heavy atom. The fourth-order valence-corrected chi connectivity index (χ4v) is 8.57. The van der Waals surface area contributed by atoms with E-state index in [2.05, 4.69) is 205 Å². The minimum absolute atomic E-state index is 0.550. The molecule has 1 aliphatic heterocycles. The summed E-state index contributed by atoms with van der Waals surface area (Å²) < 4.78 is 6.64. The van der Waals surface area contributed by atoms with Crippen molar-refractivity contribution < 1.29 is 4.74 Å². The number of ether oxygens (including phenoxy) is 1. The summed E-state index contributed by atoms with van der Waals surface area (Å²) in [4.78, 5) is 2.45. The van der Waals surface area contributed by atoms with Gasteiger partial charge in [0.2, 0.25) is 0 Å². The molecule has 246 valence electrons. The molecule has 52 heavy (non-hydrogen) atoms. The molecule has 2 heteroatoms. The summed E-state index contributed by atoms with van der Waals surface area (Å²) in [6.45, 7) is 0. The third-order valence-corrected chi connectivity index (χ3v) is 10.9. The fraction of sp³-hybridized carbons (Fsp3) is 0.0400. The van der Waals surface area contributed by atoms with Crippen molar-refractivity contribution in [3.63, 3.8) is 0 Å². The highest BCUT2D eigenvalue weighted by molar-refractivity contribution is 5.85. The second-order valence-electron chi connectivity index (χ2n) is 13.6. The van der Waals surface area contributed by atoms with Gasteiger partial charge in [-0.15, -0.1) is 0 Å². The molecular formula is C50H35NO. The van der Waals surface area contributed by atoms with E-state index in [4.69, 9.17) is 4.74 Å². The first-order chi connectivity index (χ1) is 25.8. The van der Waals surface area contributed by atoms with E-state index in [1.165, 1.54) is 61.3 Å². The molecule has 0 bridgehead atoms. The molecule has 8 aromatic carbocycles. The van der Waals surface area contributed by atoms with Gasteiger partial charge in [0, 0.05) is 34.6 Å². The lowest BCUT2D eigenvalue weighted by molar-refractivity contribution is 0.432. The third-order valence-electron chi connectivity index (χ3n) is 10.9. The Kier molecular flexibility index (Phi) is 7.14. The quantitative estimate of drug-likeness (QED) is 0.181. The molecule has 1 heterocycles. The molecule has 0 atom stereocenters. The van der Waals surface area contributed by atoms with Crippen LogP contribution in [0, 0.1) is 0 Å². The summed E-state index contributed by atoms with van der Waals surface area (Å²) in [5.74, 6) is 1.80. The zero-order valence-corrected chi connectivity index (χ0v) is 28.6. The molecular weight excluding hydrogens is 631 g/mol. The second-order valence-corrected chi connectivity index (χ2v) is 13.6. The summed E-state index contributed by atoms with van der Waals surface area (Å²) >= 11 is 0. The van der Waals surface area contributed by atoms with Crippen molar-refractivity contribution in [3.05, 3.63) is 234 Å². The summed E-state index contributed by atoms with van der Waals surface area (Å²) in [7, 11) is 0. The number of benzene rings is 8. The summed E-state index contributed by atoms with van der Waals surface area (Å²) in [5, 5.41) is 0. The van der Waals surface area contributed by atoms with Crippen LogP contribution in [0.2, 0.25) is 0 Å². The zero-order valence-electron chi connectivity index (χ0n) is 28.6. The predicted molar refractivity (Wildman–Crippen MR) is 213 cm³/mol. The Labute approximate surface area is 304 Å². The molecule has 1 aliphatic carbocycles. The highest BCUT2D eigenvalue weighted by Crippen LogP contribution is 2.59. The van der Waals surface area contributed by atoms with Crippen LogP contribution >= 0.6 is 0 Å². The van der Waals surface area contributed by atoms with Gasteiger partial charge in [0.05, 0.1) is 5.41 Å². The zero-order chi connectivity index (χ0) is 34.5. The topological polar surface area (TPSA) is 12.5 Å². The first kappa shape index (κ1) is 30.2. The van der Waals surface area contributed by atoms with Gasteiger partial charge in [-0.1, -0.05) is 158 Å². The van der Waals surface area contributed by atoms with Gasteiger partial charge in [-0.3, -0.25) is 0 Å². The van der Waals surface area contributed by atoms with Crippen LogP contribution in [0.25, 0.3) is 22.3 Å². The maximum Gasteiger partial charge on any atom is 0.132 e. The maximum atomic E-state index is 6.64. The van der Waals surface area contributed by atoms with Gasteiger partial charge < -0.3 is 9.64 Å². The van der Waals surface area contributed by atoms with Gasteiger partial charge in [-0.05, 0) is 87.0 Å². The Hall–Kier alpha value is -6.64. The van der Waals surface area contributed by atoms with Crippen LogP contribution in [-0.4, -0.2) is 0 Å². The van der Waals surface area contributed by atoms with Crippen molar-refractivity contribution in [1.82, 2.24) is 0 Å². The minimum atomic E-state index is -0.550. The van der Waals surface area contributed by atoms with E-state index in [1.54, 1.807) is 0 Å². The Morgan fingerprint density at radius 3 is 1.37 bits per heavy atom. The van der Waals surface area contributed by atoms with Gasteiger partial charge >= 0.3 is 0 Å². The monoisotopic (exact) mass is 665 g/mol. The van der Waals surface area contributed by atoms with Crippen LogP contribution < -0.4 is 9.64 Å². The Balaban J connectivity index is 1.22. The number of hydrogen-bond acceptors (Lipinski definition) is 2. The normalized spacial score (nSPS) is 13.2. The largest absolute Gasteiger partial charge is 0.457 e. The van der Waals surface area contributed by atoms with Crippen LogP contribution in [0.5, 0.6) is 11.5 Å². The molecule has 0 unspecified atom stereocenters. The number of nitrogens with zero attached hydrogens (tertiary/aromatic N) is 1. The van der Waals surface area contributed by atoms with Crippen molar-refractivity contribution in [2.24, 2.45) is 0 Å². The van der Waals surface area contributed by atoms with Gasteiger partial charge in [-0.25, -0.2) is 0 Å². The van der Waals surface area contributed by atoms with E-state index in [0.29, 0.717) is 0 Å². The molecule has 0 N–H and O–H groups in total. The van der Waals surface area contributed by atoms with Crippen molar-refractivity contribution in [2.45, 2.75) is 11.8 Å². The number of anilines is 3. The highest BCUT2D eigenvalue weighted by Gasteiger charge is 2.49. The van der Waals surface area contributed by atoms with Crippen molar-refractivity contribution in [1.29, 1.82) is 0 Å². The van der Waals surface area contributed by atoms with Gasteiger partial charge in [0.1, 0.15) is 11.5 Å². The SMILES string of the molecule is c1ccc(-c2ccc(N(c3ccc(-c4ccccc4)cc3)c3cccc4c3Cc3ccccc3C43c4ccccc4Oc4ccccc43)cc2)cc1. The molecule has 2 nitrogen and oxygen atoms in total. The van der Waals surface area contributed by atoms with Crippen molar-refractivity contribution in [3.8, 4) is 33.8 Å². The molecule has 0 amide bonds. The van der Waals surface area contributed by atoms with E-state index in [1.807, 2.05) is 0 Å². The Bertz CT molecular complexity index is 2410. The van der Waals surface area contributed by atoms with E-state index in [9.17, 15) is 0 Å². The Morgan fingerprint density at radius 2 is 0.808 bits per heavy atom. The van der Waals surface area contributed by atoms with E-state index >= 15 is 0 Å². The fourth-order valence-electron chi connectivity index (χ4n) is 8.57. The first-order valence-electron chi connectivity index (χ1n) is 18.0. The predicted octanol–water partition coefficient (Wildman–Crippen LogP) is 12.9. The minimum Gasteiger partial charge on any atom is -0.457 e. The number of fused-ring (bicyclic) bond motifs is 8. The average molecular weight is 666 g/mol. The second kappa shape index (κ2) is 12.3. The first-order valence-corrected chi connectivity index (χ1v) is 18.0. The standard InChI is InChI=1S/C50H35NO/c1-3-14-35(15-4-1)37-26-30-40(31-27-37)51(41-32-28-38(29-33-41)36-16-5-2-6-17-36)47-23-13-22-44-42(47)34-39-18-7-8-19-43(39)50(44)45-20-9-11-24-48(45)52-49-25-12-10-21-46(49)50/h1-33H,34H2. The summed E-state index contributed by atoms with van der Waals surface area (Å²) in [6.07, 6.45) is 0.815. The van der Waals surface area contributed by atoms with Crippen LogP contribution in [0.3, 0.4) is 0 Å². The molecule has 10 rings (SSSR count). The number of rotatable bonds is 5. The van der Waals surface area contributed by atoms with Gasteiger partial charge in [0.25, 0.3) is 0 Å². The lowest BCUT2D eigenvalue weighted by Gasteiger charge is -2.46. The van der Waals surface area contributed by atoms with Gasteiger partial charge in [-0.2, -0.15) is 0 Å². The van der Waals surface area contributed by atoms with E-state index in [-0.39, 0.29) is 0 Å². The van der Waals surface area contributed by atoms with Crippen molar-refractivity contribution >= 4 is 17.1 Å². The average Bonchev–Trinajstić information content (AvgIpc) is 3.22. The summed E-state index contributed by atoms with van der Waals surface area (Å²) in [5.41, 5.74) is 15.2. The van der Waals surface area contributed by atoms with E-state index in [0.717, 1.165) is 29.3 Å². The molecule has 8 aromatic rings. The summed E-state index contributed by atoms with van der Waals surface area (Å²) in [6, 6.07) is 72.3. The molecule has 2 aliphatic rings. The van der Waals surface area contributed by atoms with Crippen LogP contribution in [-0.2, 0) is 11.8 Å². The molecule has 0 fully saturated rings. The van der Waals surface area contributed by atoms with Crippen LogP contribution in [0.1, 0.15) is 33.4 Å². The number of hydrogen-bond donors (Lipinski definition) is 0. The lowest BCUT2D eigenvalue weighted by Crippen LogP contribution is -2.38. The smallest absolute Gasteiger partial charge is 0.132 e. The molecule has 1 spiro atoms. The van der Waals surface area contributed by atoms with Crippen LogP contribution in [0.15, 0.2) is 200 Å². The van der Waals surface area contributed by atoms with Crippen molar-refractivity contribution in [2.75, 3.05) is 4.90 Å². The van der Waals surface area contributed by atoms with E-state index < -0.39 is 5.41 Å². The molecule has 0 saturated carbocycles. The molecule has 0 saturated heterocycles.